The van der Waals surface area contributed by atoms with Crippen molar-refractivity contribution in [1.29, 1.82) is 0 Å². The van der Waals surface area contributed by atoms with E-state index >= 15 is 0 Å². The zero-order valence-corrected chi connectivity index (χ0v) is 56.7. The number of guanidine groups is 1. The zero-order chi connectivity index (χ0) is 75.5. The van der Waals surface area contributed by atoms with Gasteiger partial charge in [0.1, 0.15) is 66.2 Å². The number of carboxylic acid groups (broad SMARTS) is 1. The first-order valence-corrected chi connectivity index (χ1v) is 32.8. The van der Waals surface area contributed by atoms with E-state index in [-0.39, 0.29) is 74.8 Å². The second-order valence-corrected chi connectivity index (χ2v) is 24.9. The number of aromatic hydroxyl groups is 1. The first-order valence-electron chi connectivity index (χ1n) is 32.8. The maximum atomic E-state index is 14.7. The molecule has 26 N–H and O–H groups in total. The number of aliphatic imine (C=N–C) groups is 1. The van der Waals surface area contributed by atoms with Crippen LogP contribution in [0.4, 0.5) is 0 Å². The van der Waals surface area contributed by atoms with E-state index in [0.29, 0.717) is 17.7 Å². The number of phenols is 1. The lowest BCUT2D eigenvalue weighted by Gasteiger charge is -2.29. The molecule has 0 saturated carbocycles. The number of carboxylic acids is 1. The largest absolute Gasteiger partial charge is 0.508 e. The normalized spacial score (nSPS) is 16.3. The molecule has 12 amide bonds. The molecule has 558 valence electrons. The number of aliphatic hydroxyl groups excluding tert-OH is 4. The molecule has 0 radical (unpaired) electrons. The number of hydrogen-bond acceptors (Lipinski definition) is 21. The number of nitrogens with zero attached hydrogens (tertiary/aromatic N) is 3. The van der Waals surface area contributed by atoms with Crippen molar-refractivity contribution in [1.82, 2.24) is 73.0 Å². The second-order valence-electron chi connectivity index (χ2n) is 24.9. The van der Waals surface area contributed by atoms with E-state index in [1.807, 2.05) is 12.1 Å². The van der Waals surface area contributed by atoms with Gasteiger partial charge in [0.2, 0.25) is 70.9 Å². The second kappa shape index (κ2) is 39.8. The maximum Gasteiger partial charge on any atom is 0.328 e. The third-order valence-electron chi connectivity index (χ3n) is 16.3. The van der Waals surface area contributed by atoms with Crippen molar-refractivity contribution in [3.63, 3.8) is 0 Å². The van der Waals surface area contributed by atoms with Crippen molar-refractivity contribution in [2.45, 2.75) is 171 Å². The summed E-state index contributed by atoms with van der Waals surface area (Å²) in [4.78, 5) is 193. The highest BCUT2D eigenvalue weighted by atomic mass is 16.4. The number of amides is 12. The van der Waals surface area contributed by atoms with E-state index in [4.69, 9.17) is 22.9 Å². The summed E-state index contributed by atoms with van der Waals surface area (Å²) in [5, 5.41) is 85.7. The fourth-order valence-corrected chi connectivity index (χ4v) is 10.9. The first-order chi connectivity index (χ1) is 48.3. The van der Waals surface area contributed by atoms with Crippen LogP contribution in [0.3, 0.4) is 0 Å². The topological polar surface area (TPSA) is 628 Å². The van der Waals surface area contributed by atoms with E-state index in [0.717, 1.165) is 17.8 Å². The number of aliphatic carboxylic acids is 1. The SMILES string of the molecule is CC(C)CC(NC(=O)C(Cc1cnc[nH]1)NC(=O)C(Cc1c[nH]c2ccccc12)NC(=O)C1CCCN1C(=O)C(C)N)C(=O)NC(CO)C(=O)NC(CO)C(=O)NC(CCC(N)=O)C(=O)NC(Cc1ccc(O)cc1)C(=O)NC(CO)C(=O)NC(CCCN=C(N)N)C(=O)NC(C(=O)O)C(C)O. The van der Waals surface area contributed by atoms with E-state index in [1.165, 1.54) is 48.6 Å². The number of fused-ring (bicyclic) bond motifs is 1. The molecule has 13 unspecified atom stereocenters. The van der Waals surface area contributed by atoms with Crippen LogP contribution in [0.25, 0.3) is 10.9 Å². The Morgan fingerprint density at radius 2 is 1.10 bits per heavy atom. The van der Waals surface area contributed by atoms with Gasteiger partial charge in [-0.1, -0.05) is 44.2 Å². The van der Waals surface area contributed by atoms with Crippen LogP contribution in [-0.4, -0.2) is 245 Å². The molecule has 0 spiro atoms. The average molecular weight is 1430 g/mol. The number of rotatable bonds is 41. The molecule has 1 aliphatic heterocycles. The lowest BCUT2D eigenvalue weighted by Crippen LogP contribution is -2.62. The number of para-hydroxylation sites is 1. The Labute approximate surface area is 584 Å². The minimum atomic E-state index is -2.00. The molecule has 1 aliphatic rings. The van der Waals surface area contributed by atoms with Crippen molar-refractivity contribution in [2.75, 3.05) is 32.9 Å². The molecule has 38 heteroatoms. The summed E-state index contributed by atoms with van der Waals surface area (Å²) in [7, 11) is 0. The van der Waals surface area contributed by atoms with Crippen molar-refractivity contribution in [3.8, 4) is 5.75 Å². The molecule has 0 aliphatic carbocycles. The highest BCUT2D eigenvalue weighted by Gasteiger charge is 2.40. The molecule has 102 heavy (non-hydrogen) atoms. The Balaban J connectivity index is 1.33. The van der Waals surface area contributed by atoms with E-state index < -0.39 is 195 Å². The summed E-state index contributed by atoms with van der Waals surface area (Å²) in [5.74, 6) is -14.8. The summed E-state index contributed by atoms with van der Waals surface area (Å²) in [5.41, 5.74) is 24.1. The molecule has 4 aromatic rings. The number of aromatic nitrogens is 3. The molecule has 38 nitrogen and oxygen atoms in total. The van der Waals surface area contributed by atoms with Crippen molar-refractivity contribution in [3.05, 3.63) is 84.1 Å². The number of likely N-dealkylation sites (tertiary alicyclic amines) is 1. The molecule has 1 saturated heterocycles. The van der Waals surface area contributed by atoms with Gasteiger partial charge >= 0.3 is 5.97 Å². The predicted molar refractivity (Wildman–Crippen MR) is 362 cm³/mol. The summed E-state index contributed by atoms with van der Waals surface area (Å²) < 4.78 is 0. The van der Waals surface area contributed by atoms with Crippen LogP contribution in [0.15, 0.2) is 72.2 Å². The molecule has 1 fully saturated rings. The van der Waals surface area contributed by atoms with E-state index in [1.54, 1.807) is 32.2 Å². The summed E-state index contributed by atoms with van der Waals surface area (Å²) in [6.45, 7) is 2.64. The number of primary amides is 1. The predicted octanol–water partition coefficient (Wildman–Crippen LogP) is -7.38. The number of imidazole rings is 1. The molecule has 2 aromatic carbocycles. The Morgan fingerprint density at radius 1 is 0.608 bits per heavy atom. The molecular weight excluding hydrogens is 1340 g/mol. The van der Waals surface area contributed by atoms with Crippen molar-refractivity contribution < 1.29 is 93.0 Å². The number of nitrogens with two attached hydrogens (primary N) is 4. The molecule has 2 aromatic heterocycles. The molecular formula is C64H93N19O19. The lowest BCUT2D eigenvalue weighted by molar-refractivity contribution is -0.145. The van der Waals surface area contributed by atoms with E-state index in [2.05, 4.69) is 73.1 Å². The first kappa shape index (κ1) is 81.8. The lowest BCUT2D eigenvalue weighted by atomic mass is 10.0. The van der Waals surface area contributed by atoms with E-state index in [9.17, 15) is 93.0 Å². The quantitative estimate of drug-likeness (QED) is 0.0111. The summed E-state index contributed by atoms with van der Waals surface area (Å²) in [6.07, 6.45) is 1.19. The minimum absolute atomic E-state index is 0.00902. The number of H-pyrrole nitrogens is 2. The number of carbonyl (C=O) groups excluding carboxylic acids is 12. The van der Waals surface area contributed by atoms with Gasteiger partial charge in [0.05, 0.1) is 38.3 Å². The third kappa shape index (κ3) is 25.1. The van der Waals surface area contributed by atoms with Crippen molar-refractivity contribution >= 4 is 93.7 Å². The fourth-order valence-electron chi connectivity index (χ4n) is 10.9. The van der Waals surface area contributed by atoms with Crippen LogP contribution in [0.2, 0.25) is 0 Å². The van der Waals surface area contributed by atoms with Gasteiger partial charge in [-0.3, -0.25) is 62.5 Å². The molecule has 3 heterocycles. The Morgan fingerprint density at radius 3 is 1.61 bits per heavy atom. The van der Waals surface area contributed by atoms with Crippen LogP contribution in [-0.2, 0) is 81.6 Å². The highest BCUT2D eigenvalue weighted by molar-refractivity contribution is 6.00. The molecule has 5 rings (SSSR count). The molecule has 13 atom stereocenters. The highest BCUT2D eigenvalue weighted by Crippen LogP contribution is 2.22. The fraction of sp³-hybridized carbons (Fsp3) is 0.516. The monoisotopic (exact) mass is 1430 g/mol. The van der Waals surface area contributed by atoms with Crippen LogP contribution in [0, 0.1) is 5.92 Å². The van der Waals surface area contributed by atoms with Crippen LogP contribution >= 0.6 is 0 Å². The maximum absolute atomic E-state index is 14.7. The number of benzene rings is 2. The minimum Gasteiger partial charge on any atom is -0.508 e. The van der Waals surface area contributed by atoms with Crippen LogP contribution in [0.5, 0.6) is 5.75 Å². The Hall–Kier alpha value is -10.8. The standard InChI is InChI=1S/C64H93N19O19/c1-31(2)21-42(75-57(95)45(24-36-26-69-30-72-36)77-56(94)44(23-35-25-71-39-10-6-5-9-38(35)39)78-61(99)49-12-8-20-83(49)62(100)32(3)65)54(92)79-48(29-86)60(98)81-47(28-85)59(97)74-41(17-18-50(66)89)52(90)76-43(22-34-13-15-37(88)16-14-34)55(93)80-46(27-84)58(96)73-40(11-7-19-70-64(67)68)53(91)82-51(33(4)87)63(101)102/h5-6,9-10,13-16,25-26,30-33,40-49,51,71,84-88H,7-8,11-12,17-24,27-29,65H2,1-4H3,(H2,66,89)(H,69,72)(H,73,96)(H,74,97)(H,75,95)(H,76,90)(H,77,94)(H,78,99)(H,79,92)(H,80,93)(H,81,98)(H,82,91)(H,101,102)(H4,67,68,70). The number of carbonyl (C=O) groups is 13. The number of aromatic amines is 2. The smallest absolute Gasteiger partial charge is 0.328 e. The molecule has 0 bridgehead atoms. The van der Waals surface area contributed by atoms with Crippen LogP contribution in [0.1, 0.15) is 89.5 Å². The summed E-state index contributed by atoms with van der Waals surface area (Å²) in [6, 6.07) is -6.71. The third-order valence-corrected chi connectivity index (χ3v) is 16.3. The van der Waals surface area contributed by atoms with Gasteiger partial charge in [-0.05, 0) is 87.6 Å². The van der Waals surface area contributed by atoms with Gasteiger partial charge in [-0.15, -0.1) is 0 Å². The van der Waals surface area contributed by atoms with Gasteiger partial charge in [-0.25, -0.2) is 9.78 Å². The van der Waals surface area contributed by atoms with Gasteiger partial charge in [0, 0.05) is 67.8 Å². The average Bonchev–Trinajstić information content (AvgIpc) is 1.59. The van der Waals surface area contributed by atoms with Gasteiger partial charge in [-0.2, -0.15) is 0 Å². The van der Waals surface area contributed by atoms with Crippen molar-refractivity contribution in [2.24, 2.45) is 33.8 Å². The van der Waals surface area contributed by atoms with Gasteiger partial charge in [0.15, 0.2) is 12.0 Å². The number of nitrogens with one attached hydrogen (secondary N) is 12. The van der Waals surface area contributed by atoms with Gasteiger partial charge in [0.25, 0.3) is 0 Å². The van der Waals surface area contributed by atoms with Crippen LogP contribution < -0.4 is 76.1 Å². The number of phenolic OH excluding ortho intramolecular Hbond substituents is 1. The number of hydrogen-bond donors (Lipinski definition) is 22. The Bertz CT molecular complexity index is 3580. The number of aliphatic hydroxyl groups is 4. The summed E-state index contributed by atoms with van der Waals surface area (Å²) >= 11 is 0. The Kier molecular flexibility index (Phi) is 32.0. The zero-order valence-electron chi connectivity index (χ0n) is 56.7. The van der Waals surface area contributed by atoms with Gasteiger partial charge < -0.3 is 122 Å².